The second kappa shape index (κ2) is 4.97. The van der Waals surface area contributed by atoms with Crippen LogP contribution >= 0.6 is 11.6 Å². The number of rotatable bonds is 3. The molecule has 1 saturated heterocycles. The third-order valence-electron chi connectivity index (χ3n) is 2.87. The van der Waals surface area contributed by atoms with Crippen molar-refractivity contribution in [3.8, 4) is 0 Å². The summed E-state index contributed by atoms with van der Waals surface area (Å²) in [6.07, 6.45) is 2.57. The Morgan fingerprint density at radius 3 is 3.19 bits per heavy atom. The highest BCUT2D eigenvalue weighted by Gasteiger charge is 2.24. The molecule has 0 aliphatic carbocycles. The zero-order valence-electron chi connectivity index (χ0n) is 9.21. The third-order valence-corrected chi connectivity index (χ3v) is 3.07. The van der Waals surface area contributed by atoms with Crippen molar-refractivity contribution in [2.24, 2.45) is 5.92 Å². The molecule has 0 saturated carbocycles. The molecule has 1 aliphatic heterocycles. The van der Waals surface area contributed by atoms with Gasteiger partial charge >= 0.3 is 0 Å². The number of halogens is 2. The van der Waals surface area contributed by atoms with Gasteiger partial charge in [-0.05, 0) is 32.0 Å². The van der Waals surface area contributed by atoms with Crippen LogP contribution in [0.2, 0.25) is 5.02 Å². The fraction of sp³-hybridized carbons (Fsp3) is 0.545. The van der Waals surface area contributed by atoms with Crippen molar-refractivity contribution >= 4 is 17.4 Å². The first kappa shape index (κ1) is 11.6. The molecule has 0 bridgehead atoms. The van der Waals surface area contributed by atoms with Gasteiger partial charge in [0.15, 0.2) is 11.6 Å². The maximum absolute atomic E-state index is 13.6. The van der Waals surface area contributed by atoms with E-state index in [1.165, 1.54) is 12.3 Å². The lowest BCUT2D eigenvalue weighted by atomic mass is 10.1. The SMILES string of the molecule is CNCC1CCN(c2ncc(Cl)cc2F)C1. The van der Waals surface area contributed by atoms with Crippen molar-refractivity contribution in [1.29, 1.82) is 0 Å². The second-order valence-corrected chi connectivity index (χ2v) is 4.55. The molecule has 16 heavy (non-hydrogen) atoms. The first-order valence-corrected chi connectivity index (χ1v) is 5.79. The van der Waals surface area contributed by atoms with Crippen LogP contribution in [0.15, 0.2) is 12.3 Å². The molecule has 1 fully saturated rings. The molecule has 1 N–H and O–H groups in total. The van der Waals surface area contributed by atoms with Crippen LogP contribution in [-0.2, 0) is 0 Å². The number of pyridine rings is 1. The highest BCUT2D eigenvalue weighted by molar-refractivity contribution is 6.30. The van der Waals surface area contributed by atoms with Gasteiger partial charge in [-0.25, -0.2) is 9.37 Å². The van der Waals surface area contributed by atoms with E-state index >= 15 is 0 Å². The Labute approximate surface area is 99.6 Å². The Hall–Kier alpha value is -0.870. The maximum Gasteiger partial charge on any atom is 0.167 e. The second-order valence-electron chi connectivity index (χ2n) is 4.12. The minimum absolute atomic E-state index is 0.336. The number of nitrogens with one attached hydrogen (secondary N) is 1. The topological polar surface area (TPSA) is 28.2 Å². The number of nitrogens with zero attached hydrogens (tertiary/aromatic N) is 2. The molecule has 2 heterocycles. The van der Waals surface area contributed by atoms with E-state index in [1.807, 2.05) is 11.9 Å². The lowest BCUT2D eigenvalue weighted by Crippen LogP contribution is -2.25. The van der Waals surface area contributed by atoms with Crippen LogP contribution in [0.5, 0.6) is 0 Å². The lowest BCUT2D eigenvalue weighted by Gasteiger charge is -2.18. The van der Waals surface area contributed by atoms with E-state index in [9.17, 15) is 4.39 Å². The Morgan fingerprint density at radius 2 is 2.50 bits per heavy atom. The van der Waals surface area contributed by atoms with E-state index in [1.54, 1.807) is 0 Å². The molecule has 0 spiro atoms. The molecule has 1 aromatic rings. The van der Waals surface area contributed by atoms with Crippen LogP contribution in [0.25, 0.3) is 0 Å². The van der Waals surface area contributed by atoms with Crippen LogP contribution in [0.4, 0.5) is 10.2 Å². The molecule has 1 atom stereocenters. The smallest absolute Gasteiger partial charge is 0.167 e. The van der Waals surface area contributed by atoms with Gasteiger partial charge in [0.05, 0.1) is 5.02 Å². The molecule has 3 nitrogen and oxygen atoms in total. The Balaban J connectivity index is 2.08. The van der Waals surface area contributed by atoms with Crippen LogP contribution in [0.1, 0.15) is 6.42 Å². The van der Waals surface area contributed by atoms with E-state index in [-0.39, 0.29) is 5.82 Å². The van der Waals surface area contributed by atoms with Crippen molar-refractivity contribution in [1.82, 2.24) is 10.3 Å². The van der Waals surface area contributed by atoms with Crippen molar-refractivity contribution in [3.63, 3.8) is 0 Å². The van der Waals surface area contributed by atoms with Crippen molar-refractivity contribution in [2.75, 3.05) is 31.6 Å². The fourth-order valence-corrected chi connectivity index (χ4v) is 2.26. The van der Waals surface area contributed by atoms with Gasteiger partial charge in [0, 0.05) is 19.3 Å². The van der Waals surface area contributed by atoms with Crippen LogP contribution in [0.3, 0.4) is 0 Å². The molecule has 0 radical (unpaired) electrons. The average Bonchev–Trinajstić information content (AvgIpc) is 2.67. The number of hydrogen-bond acceptors (Lipinski definition) is 3. The third kappa shape index (κ3) is 2.44. The first-order valence-electron chi connectivity index (χ1n) is 5.41. The zero-order valence-corrected chi connectivity index (χ0v) is 9.97. The standard InChI is InChI=1S/C11H15ClFN3/c1-14-5-8-2-3-16(7-8)11-10(13)4-9(12)6-15-11/h4,6,8,14H,2-3,5,7H2,1H3. The van der Waals surface area contributed by atoms with E-state index in [0.717, 1.165) is 26.1 Å². The molecule has 5 heteroatoms. The average molecular weight is 244 g/mol. The molecule has 2 rings (SSSR count). The monoisotopic (exact) mass is 243 g/mol. The lowest BCUT2D eigenvalue weighted by molar-refractivity contribution is 0.547. The maximum atomic E-state index is 13.6. The number of anilines is 1. The van der Waals surface area contributed by atoms with Gasteiger partial charge in [0.25, 0.3) is 0 Å². The summed E-state index contributed by atoms with van der Waals surface area (Å²) in [5.74, 6) is 0.655. The van der Waals surface area contributed by atoms with Crippen molar-refractivity contribution in [3.05, 3.63) is 23.1 Å². The van der Waals surface area contributed by atoms with Crippen molar-refractivity contribution in [2.45, 2.75) is 6.42 Å². The van der Waals surface area contributed by atoms with Crippen molar-refractivity contribution < 1.29 is 4.39 Å². The largest absolute Gasteiger partial charge is 0.354 e. The van der Waals surface area contributed by atoms with Gasteiger partial charge in [-0.15, -0.1) is 0 Å². The molecule has 1 unspecified atom stereocenters. The Kier molecular flexibility index (Phi) is 3.61. The van der Waals surface area contributed by atoms with Gasteiger partial charge < -0.3 is 10.2 Å². The van der Waals surface area contributed by atoms with E-state index in [2.05, 4.69) is 10.3 Å². The molecular formula is C11H15ClFN3. The van der Waals surface area contributed by atoms with E-state index in [4.69, 9.17) is 11.6 Å². The minimum Gasteiger partial charge on any atom is -0.354 e. The summed E-state index contributed by atoms with van der Waals surface area (Å²) in [6, 6.07) is 1.31. The van der Waals surface area contributed by atoms with Crippen LogP contribution in [-0.4, -0.2) is 31.7 Å². The fourth-order valence-electron chi connectivity index (χ4n) is 2.12. The molecule has 1 aliphatic rings. The summed E-state index contributed by atoms with van der Waals surface area (Å²) in [4.78, 5) is 6.03. The summed E-state index contributed by atoms with van der Waals surface area (Å²) in [5, 5.41) is 3.48. The number of aromatic nitrogens is 1. The van der Waals surface area contributed by atoms with E-state index in [0.29, 0.717) is 16.8 Å². The van der Waals surface area contributed by atoms with Crippen LogP contribution in [0, 0.1) is 11.7 Å². The quantitative estimate of drug-likeness (QED) is 0.879. The minimum atomic E-state index is -0.336. The first-order chi connectivity index (χ1) is 7.70. The molecule has 88 valence electrons. The molecular weight excluding hydrogens is 229 g/mol. The summed E-state index contributed by atoms with van der Waals surface area (Å²) in [7, 11) is 1.93. The number of hydrogen-bond donors (Lipinski definition) is 1. The summed E-state index contributed by atoms with van der Waals surface area (Å²) in [6.45, 7) is 2.68. The van der Waals surface area contributed by atoms with Gasteiger partial charge in [-0.3, -0.25) is 0 Å². The summed E-state index contributed by atoms with van der Waals surface area (Å²) >= 11 is 5.67. The predicted molar refractivity (Wildman–Crippen MR) is 63.5 cm³/mol. The van der Waals surface area contributed by atoms with Gasteiger partial charge in [-0.2, -0.15) is 0 Å². The summed E-state index contributed by atoms with van der Waals surface area (Å²) < 4.78 is 13.6. The Bertz CT molecular complexity index is 372. The predicted octanol–water partition coefficient (Wildman–Crippen LogP) is 1.92. The van der Waals surface area contributed by atoms with Gasteiger partial charge in [-0.1, -0.05) is 11.6 Å². The van der Waals surface area contributed by atoms with Gasteiger partial charge in [0.1, 0.15) is 0 Å². The molecule has 0 aromatic carbocycles. The van der Waals surface area contributed by atoms with Crippen LogP contribution < -0.4 is 10.2 Å². The molecule has 0 amide bonds. The zero-order chi connectivity index (χ0) is 11.5. The Morgan fingerprint density at radius 1 is 1.69 bits per heavy atom. The highest BCUT2D eigenvalue weighted by Crippen LogP contribution is 2.25. The van der Waals surface area contributed by atoms with E-state index < -0.39 is 0 Å². The highest BCUT2D eigenvalue weighted by atomic mass is 35.5. The normalized spacial score (nSPS) is 20.4. The van der Waals surface area contributed by atoms with Gasteiger partial charge in [0.2, 0.25) is 0 Å². The molecule has 1 aromatic heterocycles. The summed E-state index contributed by atoms with van der Waals surface area (Å²) in [5.41, 5.74) is 0.